The summed E-state index contributed by atoms with van der Waals surface area (Å²) in [5.41, 5.74) is 2.27. The van der Waals surface area contributed by atoms with Crippen molar-refractivity contribution in [2.24, 2.45) is 0 Å². The summed E-state index contributed by atoms with van der Waals surface area (Å²) in [4.78, 5) is 14.5. The van der Waals surface area contributed by atoms with E-state index in [0.717, 1.165) is 22.5 Å². The molecule has 0 bridgehead atoms. The first-order valence-electron chi connectivity index (χ1n) is 5.59. The molecule has 1 N–H and O–H groups in total. The quantitative estimate of drug-likeness (QED) is 0.394. The predicted molar refractivity (Wildman–Crippen MR) is 74.9 cm³/mol. The van der Waals surface area contributed by atoms with Gasteiger partial charge in [0.05, 0.1) is 16.2 Å². The minimum Gasteiger partial charge on any atom is -0.360 e. The van der Waals surface area contributed by atoms with Gasteiger partial charge >= 0.3 is 0 Å². The first-order valence-corrected chi connectivity index (χ1v) is 6.00. The molecule has 2 aromatic rings. The maximum atomic E-state index is 11.0. The zero-order valence-corrected chi connectivity index (χ0v) is 10.7. The fourth-order valence-electron chi connectivity index (χ4n) is 1.86. The maximum absolute atomic E-state index is 11.0. The highest BCUT2D eigenvalue weighted by atomic mass is 32.1. The Morgan fingerprint density at radius 1 is 1.33 bits per heavy atom. The first-order chi connectivity index (χ1) is 8.65. The molecule has 0 aliphatic carbocycles. The number of nitrogens with one attached hydrogen (secondary N) is 1. The fourth-order valence-corrected chi connectivity index (χ4v) is 2.03. The van der Waals surface area contributed by atoms with E-state index in [-0.39, 0.29) is 10.6 Å². The number of benzene rings is 1. The number of aromatic amines is 1. The van der Waals surface area contributed by atoms with E-state index >= 15 is 0 Å². The van der Waals surface area contributed by atoms with E-state index in [1.54, 1.807) is 24.4 Å². The molecule has 0 unspecified atom stereocenters. The second kappa shape index (κ2) is 5.10. The smallest absolute Gasteiger partial charge is 0.277 e. The van der Waals surface area contributed by atoms with E-state index in [4.69, 9.17) is 12.2 Å². The van der Waals surface area contributed by atoms with Crippen molar-refractivity contribution in [1.82, 2.24) is 4.98 Å². The SMILES string of the molecule is CCC(=S)c1[nH]ccc1-c1ccccc1[N+](=O)[O-]. The lowest BCUT2D eigenvalue weighted by Gasteiger charge is -2.05. The molecular formula is C13H12N2O2S. The molecule has 2 rings (SSSR count). The van der Waals surface area contributed by atoms with Crippen molar-refractivity contribution in [3.8, 4) is 11.1 Å². The molecule has 0 saturated carbocycles. The van der Waals surface area contributed by atoms with Gasteiger partial charge in [-0.1, -0.05) is 31.3 Å². The number of nitrogens with zero attached hydrogens (tertiary/aromatic N) is 1. The van der Waals surface area contributed by atoms with Crippen molar-refractivity contribution in [2.75, 3.05) is 0 Å². The summed E-state index contributed by atoms with van der Waals surface area (Å²) in [6.45, 7) is 1.96. The Morgan fingerprint density at radius 2 is 2.06 bits per heavy atom. The summed E-state index contributed by atoms with van der Waals surface area (Å²) in [6, 6.07) is 8.50. The average Bonchev–Trinajstić information content (AvgIpc) is 2.86. The number of nitro groups is 1. The van der Waals surface area contributed by atoms with Crippen LogP contribution in [0.4, 0.5) is 5.69 Å². The third-order valence-corrected chi connectivity index (χ3v) is 3.23. The Morgan fingerprint density at radius 3 is 2.72 bits per heavy atom. The lowest BCUT2D eigenvalue weighted by atomic mass is 10.0. The molecule has 0 amide bonds. The number of nitro benzene ring substituents is 1. The molecule has 0 saturated heterocycles. The van der Waals surface area contributed by atoms with Gasteiger partial charge in [0.2, 0.25) is 0 Å². The summed E-state index contributed by atoms with van der Waals surface area (Å²) < 4.78 is 0. The Kier molecular flexibility index (Phi) is 3.53. The zero-order valence-electron chi connectivity index (χ0n) is 9.84. The van der Waals surface area contributed by atoms with Gasteiger partial charge in [0.1, 0.15) is 0 Å². The van der Waals surface area contributed by atoms with E-state index in [2.05, 4.69) is 4.98 Å². The van der Waals surface area contributed by atoms with Gasteiger partial charge < -0.3 is 4.98 Å². The molecule has 0 fully saturated rings. The summed E-state index contributed by atoms with van der Waals surface area (Å²) in [5, 5.41) is 11.0. The molecule has 0 radical (unpaired) electrons. The number of H-pyrrole nitrogens is 1. The number of thiocarbonyl (C=S) groups is 1. The van der Waals surface area contributed by atoms with Crippen LogP contribution in [-0.2, 0) is 0 Å². The van der Waals surface area contributed by atoms with E-state index in [0.29, 0.717) is 5.56 Å². The largest absolute Gasteiger partial charge is 0.360 e. The van der Waals surface area contributed by atoms with Crippen LogP contribution in [0.1, 0.15) is 19.0 Å². The number of aromatic nitrogens is 1. The van der Waals surface area contributed by atoms with Crippen molar-refractivity contribution in [1.29, 1.82) is 0 Å². The molecule has 0 aliphatic rings. The van der Waals surface area contributed by atoms with Crippen molar-refractivity contribution in [3.63, 3.8) is 0 Å². The maximum Gasteiger partial charge on any atom is 0.277 e. The Labute approximate surface area is 110 Å². The molecule has 92 valence electrons. The molecule has 1 aromatic heterocycles. The molecule has 0 aliphatic heterocycles. The topological polar surface area (TPSA) is 58.9 Å². The predicted octanol–water partition coefficient (Wildman–Crippen LogP) is 3.72. The van der Waals surface area contributed by atoms with Gasteiger partial charge in [-0.3, -0.25) is 10.1 Å². The van der Waals surface area contributed by atoms with Gasteiger partial charge in [0.15, 0.2) is 0 Å². The van der Waals surface area contributed by atoms with Gasteiger partial charge in [0.25, 0.3) is 5.69 Å². The number of rotatable bonds is 4. The standard InChI is InChI=1S/C13H12N2O2S/c1-2-12(18)13-10(7-8-14-13)9-5-3-4-6-11(9)15(16)17/h3-8,14H,2H2,1H3. The summed E-state index contributed by atoms with van der Waals surface area (Å²) in [5.74, 6) is 0. The highest BCUT2D eigenvalue weighted by Gasteiger charge is 2.18. The molecule has 1 heterocycles. The average molecular weight is 260 g/mol. The minimum absolute atomic E-state index is 0.0947. The highest BCUT2D eigenvalue weighted by molar-refractivity contribution is 7.80. The second-order valence-electron chi connectivity index (χ2n) is 3.82. The van der Waals surface area contributed by atoms with E-state index in [1.807, 2.05) is 13.0 Å². The second-order valence-corrected chi connectivity index (χ2v) is 4.31. The molecule has 0 spiro atoms. The van der Waals surface area contributed by atoms with Crippen molar-refractivity contribution < 1.29 is 4.92 Å². The van der Waals surface area contributed by atoms with Crippen LogP contribution in [0.25, 0.3) is 11.1 Å². The van der Waals surface area contributed by atoms with Crippen LogP contribution in [0.15, 0.2) is 36.5 Å². The van der Waals surface area contributed by atoms with Crippen LogP contribution in [0, 0.1) is 10.1 Å². The van der Waals surface area contributed by atoms with Crippen LogP contribution in [0.2, 0.25) is 0 Å². The van der Waals surface area contributed by atoms with Crippen LogP contribution in [0.3, 0.4) is 0 Å². The summed E-state index contributed by atoms with van der Waals surface area (Å²) in [6.07, 6.45) is 2.48. The van der Waals surface area contributed by atoms with E-state index in [1.165, 1.54) is 6.07 Å². The minimum atomic E-state index is -0.374. The van der Waals surface area contributed by atoms with Crippen LogP contribution in [0.5, 0.6) is 0 Å². The summed E-state index contributed by atoms with van der Waals surface area (Å²) in [7, 11) is 0. The monoisotopic (exact) mass is 260 g/mol. The van der Waals surface area contributed by atoms with Gasteiger partial charge in [-0.25, -0.2) is 0 Å². The molecule has 1 aromatic carbocycles. The molecular weight excluding hydrogens is 248 g/mol. The molecule has 5 heteroatoms. The molecule has 0 atom stereocenters. The molecule has 4 nitrogen and oxygen atoms in total. The van der Waals surface area contributed by atoms with E-state index in [9.17, 15) is 10.1 Å². The third kappa shape index (κ3) is 2.17. The Balaban J connectivity index is 2.60. The highest BCUT2D eigenvalue weighted by Crippen LogP contribution is 2.32. The zero-order chi connectivity index (χ0) is 13.1. The lowest BCUT2D eigenvalue weighted by Crippen LogP contribution is -1.99. The Hall–Kier alpha value is -2.01. The van der Waals surface area contributed by atoms with Crippen LogP contribution >= 0.6 is 12.2 Å². The van der Waals surface area contributed by atoms with Crippen LogP contribution in [-0.4, -0.2) is 14.8 Å². The lowest BCUT2D eigenvalue weighted by molar-refractivity contribution is -0.384. The Bertz CT molecular complexity index is 605. The van der Waals surface area contributed by atoms with Crippen molar-refractivity contribution >= 4 is 22.8 Å². The van der Waals surface area contributed by atoms with Crippen molar-refractivity contribution in [3.05, 3.63) is 52.3 Å². The van der Waals surface area contributed by atoms with Gasteiger partial charge in [-0.2, -0.15) is 0 Å². The van der Waals surface area contributed by atoms with Crippen LogP contribution < -0.4 is 0 Å². The first kappa shape index (κ1) is 12.4. The van der Waals surface area contributed by atoms with E-state index < -0.39 is 0 Å². The summed E-state index contributed by atoms with van der Waals surface area (Å²) >= 11 is 5.27. The number of para-hydroxylation sites is 1. The van der Waals surface area contributed by atoms with Gasteiger partial charge in [-0.15, -0.1) is 0 Å². The van der Waals surface area contributed by atoms with Crippen molar-refractivity contribution in [2.45, 2.75) is 13.3 Å². The number of hydrogen-bond donors (Lipinski definition) is 1. The normalized spacial score (nSPS) is 10.3. The third-order valence-electron chi connectivity index (χ3n) is 2.74. The number of hydrogen-bond acceptors (Lipinski definition) is 3. The fraction of sp³-hybridized carbons (Fsp3) is 0.154. The van der Waals surface area contributed by atoms with Gasteiger partial charge in [0, 0.05) is 22.7 Å². The van der Waals surface area contributed by atoms with Gasteiger partial charge in [-0.05, 0) is 18.6 Å². The molecule has 18 heavy (non-hydrogen) atoms.